The van der Waals surface area contributed by atoms with Crippen LogP contribution in [0.4, 0.5) is 13.2 Å². The molecule has 0 saturated carbocycles. The van der Waals surface area contributed by atoms with Gasteiger partial charge in [-0.15, -0.1) is 13.2 Å². The lowest BCUT2D eigenvalue weighted by Crippen LogP contribution is -2.25. The van der Waals surface area contributed by atoms with E-state index in [0.717, 1.165) is 35.8 Å². The van der Waals surface area contributed by atoms with Crippen LogP contribution in [0.3, 0.4) is 0 Å². The topological polar surface area (TPSA) is 64.6 Å². The van der Waals surface area contributed by atoms with Crippen LogP contribution in [0.1, 0.15) is 101 Å². The van der Waals surface area contributed by atoms with Crippen LogP contribution in [-0.2, 0) is 4.74 Å². The Bertz CT molecular complexity index is 1620. The molecule has 4 aromatic carbocycles. The van der Waals surface area contributed by atoms with Crippen molar-refractivity contribution >= 4 is 12.3 Å². The van der Waals surface area contributed by atoms with Gasteiger partial charge in [-0.05, 0) is 113 Å². The van der Waals surface area contributed by atoms with Crippen molar-refractivity contribution in [2.75, 3.05) is 7.05 Å². The molecule has 0 bridgehead atoms. The number of hydrogen-bond acceptors (Lipinski definition) is 5. The molecule has 1 N–H and O–H groups in total. The van der Waals surface area contributed by atoms with E-state index in [-0.39, 0.29) is 23.7 Å². The van der Waals surface area contributed by atoms with Crippen molar-refractivity contribution in [3.05, 3.63) is 124 Å². The van der Waals surface area contributed by atoms with E-state index >= 15 is 0 Å². The number of ether oxygens (including phenoxy) is 2. The van der Waals surface area contributed by atoms with Gasteiger partial charge in [-0.3, -0.25) is 4.79 Å². The Balaban J connectivity index is 0.000000308. The number of halogens is 3. The maximum absolute atomic E-state index is 12.4. The minimum absolute atomic E-state index is 0.0667. The lowest BCUT2D eigenvalue weighted by molar-refractivity contribution is -0.274. The van der Waals surface area contributed by atoms with E-state index in [4.69, 9.17) is 4.74 Å². The number of carbonyl (C=O) groups excluding carboxylic acids is 2. The number of carbonyl (C=O) groups is 2. The number of hydrogen-bond donors (Lipinski definition) is 1. The molecule has 2 atom stereocenters. The standard InChI is InChI=1S/C24H30F3NO3.C16H16O/c1-6-7-20(16-8-10-18(11-9-16)22(29)31-23(2,3)4)21(28-5)17-12-14-19(15-13-17)30-24(25,26)27;1-11-8-12(2)16(13(3)9-11)15-6-4-14(10-17)5-7-15/h8-15,20-21,28H,6-7H2,1-5H3;4-10H,1-3H3. The van der Waals surface area contributed by atoms with Gasteiger partial charge < -0.3 is 14.8 Å². The fourth-order valence-electron chi connectivity index (χ4n) is 5.88. The number of esters is 1. The van der Waals surface area contributed by atoms with Crippen LogP contribution < -0.4 is 10.1 Å². The molecule has 8 heteroatoms. The van der Waals surface area contributed by atoms with Crippen molar-refractivity contribution in [1.82, 2.24) is 5.32 Å². The summed E-state index contributed by atoms with van der Waals surface area (Å²) >= 11 is 0. The number of aryl methyl sites for hydroxylation is 3. The predicted molar refractivity (Wildman–Crippen MR) is 186 cm³/mol. The molecule has 0 fully saturated rings. The van der Waals surface area contributed by atoms with Crippen molar-refractivity contribution in [2.24, 2.45) is 0 Å². The van der Waals surface area contributed by atoms with Gasteiger partial charge in [0.05, 0.1) is 5.56 Å². The van der Waals surface area contributed by atoms with Crippen LogP contribution in [0.5, 0.6) is 5.75 Å². The van der Waals surface area contributed by atoms with Gasteiger partial charge in [-0.1, -0.05) is 79.6 Å². The number of aldehydes is 1. The quantitative estimate of drug-likeness (QED) is 0.135. The molecule has 0 aliphatic rings. The van der Waals surface area contributed by atoms with Gasteiger partial charge in [-0.2, -0.15) is 0 Å². The molecule has 4 aromatic rings. The Labute approximate surface area is 282 Å². The molecule has 0 heterocycles. The number of nitrogens with one attached hydrogen (secondary N) is 1. The van der Waals surface area contributed by atoms with Crippen LogP contribution in [-0.4, -0.2) is 31.3 Å². The highest BCUT2D eigenvalue weighted by atomic mass is 19.4. The first kappa shape index (κ1) is 38.0. The lowest BCUT2D eigenvalue weighted by Gasteiger charge is -2.28. The summed E-state index contributed by atoms with van der Waals surface area (Å²) in [6.45, 7) is 13.9. The highest BCUT2D eigenvalue weighted by molar-refractivity contribution is 5.89. The Morgan fingerprint density at radius 1 is 0.833 bits per heavy atom. The van der Waals surface area contributed by atoms with Crippen LogP contribution in [0, 0.1) is 20.8 Å². The van der Waals surface area contributed by atoms with Crippen molar-refractivity contribution in [3.63, 3.8) is 0 Å². The van der Waals surface area contributed by atoms with Gasteiger partial charge in [0.1, 0.15) is 17.6 Å². The number of alkyl halides is 3. The summed E-state index contributed by atoms with van der Waals surface area (Å²) in [6.07, 6.45) is -2.06. The van der Waals surface area contributed by atoms with Gasteiger partial charge in [0.25, 0.3) is 0 Å². The highest BCUT2D eigenvalue weighted by Gasteiger charge is 2.31. The molecule has 0 radical (unpaired) electrons. The Morgan fingerprint density at radius 3 is 1.83 bits per heavy atom. The third kappa shape index (κ3) is 11.1. The minimum atomic E-state index is -4.72. The first-order valence-corrected chi connectivity index (χ1v) is 16.0. The van der Waals surface area contributed by atoms with Gasteiger partial charge in [0.2, 0.25) is 0 Å². The number of rotatable bonds is 10. The second-order valence-electron chi connectivity index (χ2n) is 12.9. The van der Waals surface area contributed by atoms with Crippen molar-refractivity contribution < 1.29 is 32.2 Å². The van der Waals surface area contributed by atoms with Crippen molar-refractivity contribution in [2.45, 2.75) is 85.2 Å². The highest BCUT2D eigenvalue weighted by Crippen LogP contribution is 2.36. The van der Waals surface area contributed by atoms with Crippen LogP contribution >= 0.6 is 0 Å². The van der Waals surface area contributed by atoms with E-state index in [9.17, 15) is 22.8 Å². The van der Waals surface area contributed by atoms with Crippen molar-refractivity contribution in [3.8, 4) is 16.9 Å². The first-order chi connectivity index (χ1) is 22.5. The van der Waals surface area contributed by atoms with Gasteiger partial charge >= 0.3 is 12.3 Å². The molecule has 4 rings (SSSR count). The Kier molecular flexibility index (Phi) is 13.1. The van der Waals surface area contributed by atoms with Gasteiger partial charge in [0.15, 0.2) is 0 Å². The molecular formula is C40H46F3NO4. The molecule has 0 aliphatic heterocycles. The summed E-state index contributed by atoms with van der Waals surface area (Å²) in [5.74, 6) is -0.562. The summed E-state index contributed by atoms with van der Waals surface area (Å²) < 4.78 is 46.7. The summed E-state index contributed by atoms with van der Waals surface area (Å²) in [5.41, 5.74) is 8.80. The average Bonchev–Trinajstić information content (AvgIpc) is 3.00. The predicted octanol–water partition coefficient (Wildman–Crippen LogP) is 10.5. The Morgan fingerprint density at radius 2 is 1.38 bits per heavy atom. The molecule has 0 spiro atoms. The average molecular weight is 662 g/mol. The third-order valence-electron chi connectivity index (χ3n) is 7.77. The van der Waals surface area contributed by atoms with Crippen LogP contribution in [0.15, 0.2) is 84.9 Å². The normalized spacial score (nSPS) is 12.7. The minimum Gasteiger partial charge on any atom is -0.456 e. The second-order valence-corrected chi connectivity index (χ2v) is 12.9. The van der Waals surface area contributed by atoms with E-state index < -0.39 is 12.0 Å². The van der Waals surface area contributed by atoms with Gasteiger partial charge in [-0.25, -0.2) is 4.79 Å². The zero-order valence-corrected chi connectivity index (χ0v) is 29.0. The SMILES string of the molecule is CCCC(c1ccc(C(=O)OC(C)(C)C)cc1)C(NC)c1ccc(OC(F)(F)F)cc1.Cc1cc(C)c(-c2ccc(C=O)cc2)c(C)c1. The third-order valence-corrected chi connectivity index (χ3v) is 7.77. The Hall–Kier alpha value is -4.43. The summed E-state index contributed by atoms with van der Waals surface area (Å²) in [6, 6.07) is 25.2. The molecule has 256 valence electrons. The fourth-order valence-corrected chi connectivity index (χ4v) is 5.88. The summed E-state index contributed by atoms with van der Waals surface area (Å²) in [5, 5.41) is 3.28. The van der Waals surface area contributed by atoms with E-state index in [1.807, 2.05) is 64.2 Å². The molecule has 2 unspecified atom stereocenters. The zero-order chi connectivity index (χ0) is 35.6. The number of benzene rings is 4. The smallest absolute Gasteiger partial charge is 0.456 e. The van der Waals surface area contributed by atoms with E-state index in [1.54, 1.807) is 24.3 Å². The molecule has 0 amide bonds. The lowest BCUT2D eigenvalue weighted by atomic mass is 9.83. The second kappa shape index (κ2) is 16.6. The van der Waals surface area contributed by atoms with E-state index in [0.29, 0.717) is 5.56 Å². The molecule has 0 aliphatic carbocycles. The molecular weight excluding hydrogens is 615 g/mol. The van der Waals surface area contributed by atoms with Crippen molar-refractivity contribution in [1.29, 1.82) is 0 Å². The van der Waals surface area contributed by atoms with E-state index in [1.165, 1.54) is 39.9 Å². The maximum atomic E-state index is 12.4. The van der Waals surface area contributed by atoms with Gasteiger partial charge in [0, 0.05) is 17.5 Å². The largest absolute Gasteiger partial charge is 0.573 e. The molecule has 48 heavy (non-hydrogen) atoms. The van der Waals surface area contributed by atoms with E-state index in [2.05, 4.69) is 49.9 Å². The molecule has 0 saturated heterocycles. The van der Waals surface area contributed by atoms with Crippen LogP contribution in [0.2, 0.25) is 0 Å². The first-order valence-electron chi connectivity index (χ1n) is 16.0. The van der Waals surface area contributed by atoms with Crippen LogP contribution in [0.25, 0.3) is 11.1 Å². The number of likely N-dealkylation sites (N-methyl/N-ethyl adjacent to an activating group) is 1. The fraction of sp³-hybridized carbons (Fsp3) is 0.350. The maximum Gasteiger partial charge on any atom is 0.573 e. The summed E-state index contributed by atoms with van der Waals surface area (Å²) in [4.78, 5) is 22.9. The zero-order valence-electron chi connectivity index (χ0n) is 29.0. The molecule has 0 aromatic heterocycles. The monoisotopic (exact) mass is 661 g/mol. The summed E-state index contributed by atoms with van der Waals surface area (Å²) in [7, 11) is 1.82. The molecule has 5 nitrogen and oxygen atoms in total.